The maximum atomic E-state index is 5.41. The summed E-state index contributed by atoms with van der Waals surface area (Å²) in [6, 6.07) is 10.6. The fourth-order valence-electron chi connectivity index (χ4n) is 1.87. The largest absolute Gasteiger partial charge is 0.378 e. The summed E-state index contributed by atoms with van der Waals surface area (Å²) in [6.45, 7) is 5.42. The van der Waals surface area contributed by atoms with Crippen LogP contribution in [-0.4, -0.2) is 36.3 Å². The van der Waals surface area contributed by atoms with E-state index in [2.05, 4.69) is 29.3 Å². The molecule has 17 heavy (non-hydrogen) atoms. The lowest BCUT2D eigenvalue weighted by molar-refractivity contribution is 0.0674. The van der Waals surface area contributed by atoms with E-state index in [1.54, 1.807) is 0 Å². The summed E-state index contributed by atoms with van der Waals surface area (Å²) in [6.07, 6.45) is 0. The van der Waals surface area contributed by atoms with Gasteiger partial charge >= 0.3 is 0 Å². The van der Waals surface area contributed by atoms with E-state index in [4.69, 9.17) is 17.0 Å². The van der Waals surface area contributed by atoms with Crippen LogP contribution in [0.4, 0.5) is 0 Å². The molecule has 1 atom stereocenters. The van der Waals surface area contributed by atoms with Gasteiger partial charge in [-0.25, -0.2) is 0 Å². The number of ether oxygens (including phenoxy) is 1. The minimum atomic E-state index is 0.242. The Kier molecular flexibility index (Phi) is 4.34. The van der Waals surface area contributed by atoms with Gasteiger partial charge in [0.2, 0.25) is 0 Å². The zero-order chi connectivity index (χ0) is 12.1. The number of nitrogens with zero attached hydrogens (tertiary/aromatic N) is 1. The summed E-state index contributed by atoms with van der Waals surface area (Å²) in [5.74, 6) is 0. The van der Waals surface area contributed by atoms with Crippen LogP contribution < -0.4 is 5.32 Å². The SMILES string of the molecule is C[C@H](NC(=S)N1CCOCC1)c1ccccc1. The third kappa shape index (κ3) is 3.41. The smallest absolute Gasteiger partial charge is 0.169 e. The number of thiocarbonyl (C=S) groups is 1. The first-order valence-corrected chi connectivity index (χ1v) is 6.36. The molecule has 0 amide bonds. The topological polar surface area (TPSA) is 24.5 Å². The molecule has 92 valence electrons. The van der Waals surface area contributed by atoms with Crippen molar-refractivity contribution < 1.29 is 4.74 Å². The van der Waals surface area contributed by atoms with E-state index in [-0.39, 0.29) is 6.04 Å². The number of benzene rings is 1. The van der Waals surface area contributed by atoms with E-state index in [0.717, 1.165) is 31.4 Å². The molecule has 4 heteroatoms. The molecule has 0 bridgehead atoms. The lowest BCUT2D eigenvalue weighted by Gasteiger charge is -2.31. The molecule has 1 aliphatic heterocycles. The van der Waals surface area contributed by atoms with Crippen molar-refractivity contribution in [1.82, 2.24) is 10.2 Å². The minimum Gasteiger partial charge on any atom is -0.378 e. The average molecular weight is 250 g/mol. The summed E-state index contributed by atoms with van der Waals surface area (Å²) < 4.78 is 5.31. The van der Waals surface area contributed by atoms with Crippen LogP contribution >= 0.6 is 12.2 Å². The van der Waals surface area contributed by atoms with Crippen LogP contribution in [0.5, 0.6) is 0 Å². The fraction of sp³-hybridized carbons (Fsp3) is 0.462. The van der Waals surface area contributed by atoms with E-state index in [9.17, 15) is 0 Å². The van der Waals surface area contributed by atoms with Gasteiger partial charge in [0.1, 0.15) is 0 Å². The van der Waals surface area contributed by atoms with Crippen molar-refractivity contribution >= 4 is 17.3 Å². The highest BCUT2D eigenvalue weighted by Crippen LogP contribution is 2.12. The first kappa shape index (κ1) is 12.3. The van der Waals surface area contributed by atoms with Crippen LogP contribution in [0.2, 0.25) is 0 Å². The van der Waals surface area contributed by atoms with Gasteiger partial charge in [-0.05, 0) is 24.7 Å². The summed E-state index contributed by atoms with van der Waals surface area (Å²) in [5, 5.41) is 4.19. The van der Waals surface area contributed by atoms with Crippen LogP contribution in [0, 0.1) is 0 Å². The van der Waals surface area contributed by atoms with Gasteiger partial charge in [-0.15, -0.1) is 0 Å². The van der Waals surface area contributed by atoms with Gasteiger partial charge in [0.05, 0.1) is 19.3 Å². The fourth-order valence-corrected chi connectivity index (χ4v) is 2.23. The van der Waals surface area contributed by atoms with Gasteiger partial charge in [-0.3, -0.25) is 0 Å². The molecule has 1 heterocycles. The Morgan fingerprint density at radius 1 is 1.29 bits per heavy atom. The normalized spacial score (nSPS) is 17.6. The Morgan fingerprint density at radius 3 is 2.59 bits per heavy atom. The second-order valence-electron chi connectivity index (χ2n) is 4.18. The summed E-state index contributed by atoms with van der Waals surface area (Å²) in [4.78, 5) is 2.16. The van der Waals surface area contributed by atoms with Gasteiger partial charge in [-0.2, -0.15) is 0 Å². The summed E-state index contributed by atoms with van der Waals surface area (Å²) in [5.41, 5.74) is 1.25. The second kappa shape index (κ2) is 5.98. The third-order valence-electron chi connectivity index (χ3n) is 2.94. The molecule has 1 aliphatic rings. The van der Waals surface area contributed by atoms with Gasteiger partial charge in [0.15, 0.2) is 5.11 Å². The summed E-state index contributed by atoms with van der Waals surface area (Å²) >= 11 is 5.41. The van der Waals surface area contributed by atoms with E-state index >= 15 is 0 Å². The molecule has 0 saturated carbocycles. The highest BCUT2D eigenvalue weighted by molar-refractivity contribution is 7.80. The van der Waals surface area contributed by atoms with E-state index in [1.807, 2.05) is 18.2 Å². The average Bonchev–Trinajstić information content (AvgIpc) is 2.40. The highest BCUT2D eigenvalue weighted by Gasteiger charge is 2.15. The molecule has 1 fully saturated rings. The Labute approximate surface area is 108 Å². The zero-order valence-electron chi connectivity index (χ0n) is 10.1. The molecule has 3 nitrogen and oxygen atoms in total. The lowest BCUT2D eigenvalue weighted by atomic mass is 10.1. The van der Waals surface area contributed by atoms with Crippen LogP contribution in [0.15, 0.2) is 30.3 Å². The molecule has 0 radical (unpaired) electrons. The van der Waals surface area contributed by atoms with E-state index in [0.29, 0.717) is 0 Å². The predicted octanol–water partition coefficient (Wildman–Crippen LogP) is 1.95. The monoisotopic (exact) mass is 250 g/mol. The molecule has 1 saturated heterocycles. The van der Waals surface area contributed by atoms with Gasteiger partial charge < -0.3 is 15.0 Å². The number of rotatable bonds is 2. The van der Waals surface area contributed by atoms with Crippen LogP contribution in [0.25, 0.3) is 0 Å². The zero-order valence-corrected chi connectivity index (χ0v) is 10.9. The number of morpholine rings is 1. The molecule has 1 N–H and O–H groups in total. The Hall–Kier alpha value is -1.13. The Morgan fingerprint density at radius 2 is 1.94 bits per heavy atom. The first-order chi connectivity index (χ1) is 8.27. The van der Waals surface area contributed by atoms with Gasteiger partial charge in [-0.1, -0.05) is 30.3 Å². The third-order valence-corrected chi connectivity index (χ3v) is 3.31. The number of nitrogens with one attached hydrogen (secondary N) is 1. The minimum absolute atomic E-state index is 0.242. The van der Waals surface area contributed by atoms with Crippen LogP contribution in [-0.2, 0) is 4.74 Å². The molecule has 1 aromatic carbocycles. The van der Waals surface area contributed by atoms with Crippen molar-refractivity contribution in [2.75, 3.05) is 26.3 Å². The first-order valence-electron chi connectivity index (χ1n) is 5.95. The lowest BCUT2D eigenvalue weighted by Crippen LogP contribution is -2.46. The Bertz CT molecular complexity index is 363. The van der Waals surface area contributed by atoms with Crippen molar-refractivity contribution in [3.8, 4) is 0 Å². The maximum Gasteiger partial charge on any atom is 0.169 e. The van der Waals surface area contributed by atoms with Crippen molar-refractivity contribution in [2.24, 2.45) is 0 Å². The molecule has 0 aliphatic carbocycles. The standard InChI is InChI=1S/C13H18N2OS/c1-11(12-5-3-2-4-6-12)14-13(17)15-7-9-16-10-8-15/h2-6,11H,7-10H2,1H3,(H,14,17)/t11-/m0/s1. The molecule has 0 aromatic heterocycles. The molecular formula is C13H18N2OS. The molecule has 0 unspecified atom stereocenters. The van der Waals surface area contributed by atoms with Crippen molar-refractivity contribution in [1.29, 1.82) is 0 Å². The highest BCUT2D eigenvalue weighted by atomic mass is 32.1. The molecule has 2 rings (SSSR count). The second-order valence-corrected chi connectivity index (χ2v) is 4.57. The maximum absolute atomic E-state index is 5.41. The quantitative estimate of drug-likeness (QED) is 0.811. The van der Waals surface area contributed by atoms with Crippen molar-refractivity contribution in [3.63, 3.8) is 0 Å². The van der Waals surface area contributed by atoms with Gasteiger partial charge in [0, 0.05) is 13.1 Å². The predicted molar refractivity (Wildman–Crippen MR) is 73.0 cm³/mol. The Balaban J connectivity index is 1.89. The van der Waals surface area contributed by atoms with E-state index in [1.165, 1.54) is 5.56 Å². The van der Waals surface area contributed by atoms with Crippen LogP contribution in [0.3, 0.4) is 0 Å². The molecule has 1 aromatic rings. The van der Waals surface area contributed by atoms with E-state index < -0.39 is 0 Å². The molecular weight excluding hydrogens is 232 g/mol. The molecule has 0 spiro atoms. The van der Waals surface area contributed by atoms with Crippen LogP contribution in [0.1, 0.15) is 18.5 Å². The number of hydrogen-bond acceptors (Lipinski definition) is 2. The van der Waals surface area contributed by atoms with Crippen molar-refractivity contribution in [2.45, 2.75) is 13.0 Å². The van der Waals surface area contributed by atoms with Crippen molar-refractivity contribution in [3.05, 3.63) is 35.9 Å². The number of hydrogen-bond donors (Lipinski definition) is 1. The summed E-state index contributed by atoms with van der Waals surface area (Å²) in [7, 11) is 0. The van der Waals surface area contributed by atoms with Gasteiger partial charge in [0.25, 0.3) is 0 Å².